The highest BCUT2D eigenvalue weighted by Crippen LogP contribution is 2.41. The largest absolute Gasteiger partial charge is 0.373 e. The second-order valence-corrected chi connectivity index (χ2v) is 7.57. The third-order valence-corrected chi connectivity index (χ3v) is 5.28. The minimum Gasteiger partial charge on any atom is -0.373 e. The van der Waals surface area contributed by atoms with Gasteiger partial charge in [0.25, 0.3) is 5.91 Å². The Kier molecular flexibility index (Phi) is 5.86. The molecule has 4 rings (SSSR count). The van der Waals surface area contributed by atoms with Gasteiger partial charge in [0.1, 0.15) is 11.4 Å². The average Bonchev–Trinajstić information content (AvgIpc) is 2.80. The fourth-order valence-electron chi connectivity index (χ4n) is 3.81. The quantitative estimate of drug-likeness (QED) is 0.620. The van der Waals surface area contributed by atoms with Gasteiger partial charge in [-0.2, -0.15) is 0 Å². The van der Waals surface area contributed by atoms with Crippen molar-refractivity contribution in [2.75, 3.05) is 20.7 Å². The topological polar surface area (TPSA) is 55.3 Å². The van der Waals surface area contributed by atoms with Crippen molar-refractivity contribution in [1.29, 1.82) is 0 Å². The number of halogens is 1. The summed E-state index contributed by atoms with van der Waals surface area (Å²) in [6.07, 6.45) is 5.43. The first-order valence-electron chi connectivity index (χ1n) is 10.1. The van der Waals surface area contributed by atoms with Crippen LogP contribution in [0, 0.1) is 5.82 Å². The van der Waals surface area contributed by atoms with E-state index in [2.05, 4.69) is 9.97 Å². The lowest BCUT2D eigenvalue weighted by molar-refractivity contribution is 0.0131. The summed E-state index contributed by atoms with van der Waals surface area (Å²) in [4.78, 5) is 23.3. The van der Waals surface area contributed by atoms with Gasteiger partial charge in [-0.25, -0.2) is 9.37 Å². The molecule has 1 aliphatic heterocycles. The van der Waals surface area contributed by atoms with Gasteiger partial charge in [-0.3, -0.25) is 9.78 Å². The van der Waals surface area contributed by atoms with E-state index in [0.717, 1.165) is 12.8 Å². The van der Waals surface area contributed by atoms with E-state index in [4.69, 9.17) is 4.74 Å². The third-order valence-electron chi connectivity index (χ3n) is 5.28. The molecule has 1 unspecified atom stereocenters. The zero-order valence-corrected chi connectivity index (χ0v) is 17.1. The van der Waals surface area contributed by atoms with E-state index < -0.39 is 11.9 Å². The van der Waals surface area contributed by atoms with E-state index in [1.54, 1.807) is 44.7 Å². The lowest BCUT2D eigenvalue weighted by Gasteiger charge is -2.28. The van der Waals surface area contributed by atoms with Crippen LogP contribution in [0.4, 0.5) is 4.39 Å². The number of ether oxygens (including phenoxy) is 1. The minimum absolute atomic E-state index is 0.164. The molecule has 1 aromatic carbocycles. The fraction of sp³-hybridized carbons (Fsp3) is 0.292. The molecular weight excluding hydrogens is 381 g/mol. The van der Waals surface area contributed by atoms with Crippen molar-refractivity contribution >= 4 is 5.91 Å². The van der Waals surface area contributed by atoms with Crippen LogP contribution in [0.25, 0.3) is 22.4 Å². The highest BCUT2D eigenvalue weighted by Gasteiger charge is 2.32. The van der Waals surface area contributed by atoms with Gasteiger partial charge in [0.2, 0.25) is 0 Å². The fourth-order valence-corrected chi connectivity index (χ4v) is 3.81. The van der Waals surface area contributed by atoms with Crippen LogP contribution in [-0.2, 0) is 4.74 Å². The first kappa shape index (κ1) is 20.2. The molecule has 1 aliphatic rings. The number of hydrogen-bond donors (Lipinski definition) is 0. The Morgan fingerprint density at radius 3 is 2.50 bits per heavy atom. The van der Waals surface area contributed by atoms with Gasteiger partial charge in [0, 0.05) is 55.3 Å². The standard InChI is InChI=1S/C24H24FN3O2/c1-28(2)24(29)23-19(17-11-8-13-26-15-17)20(18-12-6-7-14-30-18)21(25)22(27-23)16-9-4-3-5-10-16/h3-5,8-11,13,15,18H,6-7,12,14H2,1-2H3. The predicted molar refractivity (Wildman–Crippen MR) is 113 cm³/mol. The van der Waals surface area contributed by atoms with Crippen LogP contribution in [0.2, 0.25) is 0 Å². The summed E-state index contributed by atoms with van der Waals surface area (Å²) in [7, 11) is 3.33. The van der Waals surface area contributed by atoms with Gasteiger partial charge in [0.15, 0.2) is 5.82 Å². The molecule has 6 heteroatoms. The average molecular weight is 405 g/mol. The first-order valence-corrected chi connectivity index (χ1v) is 10.1. The highest BCUT2D eigenvalue weighted by atomic mass is 19.1. The molecule has 0 spiro atoms. The van der Waals surface area contributed by atoms with E-state index in [9.17, 15) is 4.79 Å². The molecule has 3 aromatic rings. The van der Waals surface area contributed by atoms with E-state index in [1.165, 1.54) is 4.90 Å². The number of amides is 1. The number of aromatic nitrogens is 2. The number of benzene rings is 1. The summed E-state index contributed by atoms with van der Waals surface area (Å²) in [6, 6.07) is 12.7. The molecule has 0 N–H and O–H groups in total. The van der Waals surface area contributed by atoms with E-state index >= 15 is 4.39 Å². The van der Waals surface area contributed by atoms with Gasteiger partial charge >= 0.3 is 0 Å². The Hall–Kier alpha value is -3.12. The SMILES string of the molecule is CN(C)C(=O)c1nc(-c2ccccc2)c(F)c(C2CCCCO2)c1-c1cccnc1. The third kappa shape index (κ3) is 3.83. The van der Waals surface area contributed by atoms with Gasteiger partial charge in [-0.05, 0) is 25.3 Å². The molecule has 1 fully saturated rings. The van der Waals surface area contributed by atoms with Crippen molar-refractivity contribution in [3.8, 4) is 22.4 Å². The van der Waals surface area contributed by atoms with Crippen LogP contribution in [0.1, 0.15) is 41.4 Å². The van der Waals surface area contributed by atoms with Crippen molar-refractivity contribution in [1.82, 2.24) is 14.9 Å². The van der Waals surface area contributed by atoms with E-state index in [0.29, 0.717) is 35.3 Å². The maximum absolute atomic E-state index is 16.0. The first-order chi connectivity index (χ1) is 14.6. The molecule has 0 bridgehead atoms. The van der Waals surface area contributed by atoms with Crippen molar-refractivity contribution in [3.05, 3.63) is 71.9 Å². The molecule has 0 aliphatic carbocycles. The zero-order chi connectivity index (χ0) is 21.1. The second kappa shape index (κ2) is 8.71. The van der Waals surface area contributed by atoms with E-state index in [1.807, 2.05) is 24.3 Å². The molecule has 1 saturated heterocycles. The summed E-state index contributed by atoms with van der Waals surface area (Å²) in [5, 5.41) is 0. The van der Waals surface area contributed by atoms with Crippen LogP contribution in [0.3, 0.4) is 0 Å². The number of carbonyl (C=O) groups is 1. The van der Waals surface area contributed by atoms with Gasteiger partial charge < -0.3 is 9.64 Å². The maximum Gasteiger partial charge on any atom is 0.272 e. The van der Waals surface area contributed by atoms with Gasteiger partial charge in [-0.15, -0.1) is 0 Å². The Balaban J connectivity index is 2.05. The summed E-state index contributed by atoms with van der Waals surface area (Å²) in [5.41, 5.74) is 2.50. The molecule has 1 amide bonds. The Morgan fingerprint density at radius 2 is 1.87 bits per heavy atom. The Labute approximate surface area is 175 Å². The summed E-state index contributed by atoms with van der Waals surface area (Å²) < 4.78 is 22.0. The lowest BCUT2D eigenvalue weighted by Crippen LogP contribution is -2.26. The van der Waals surface area contributed by atoms with Crippen molar-refractivity contribution in [2.45, 2.75) is 25.4 Å². The highest BCUT2D eigenvalue weighted by molar-refractivity contribution is 6.00. The van der Waals surface area contributed by atoms with E-state index in [-0.39, 0.29) is 17.3 Å². The van der Waals surface area contributed by atoms with Gasteiger partial charge in [0.05, 0.1) is 6.10 Å². The Morgan fingerprint density at radius 1 is 1.10 bits per heavy atom. The van der Waals surface area contributed by atoms with Crippen LogP contribution in [0.5, 0.6) is 0 Å². The summed E-state index contributed by atoms with van der Waals surface area (Å²) in [5.74, 6) is -0.731. The molecule has 30 heavy (non-hydrogen) atoms. The predicted octanol–water partition coefficient (Wildman–Crippen LogP) is 4.89. The molecule has 0 saturated carbocycles. The minimum atomic E-state index is -0.442. The molecule has 2 aromatic heterocycles. The van der Waals surface area contributed by atoms with Crippen molar-refractivity contribution in [3.63, 3.8) is 0 Å². The van der Waals surface area contributed by atoms with Crippen molar-refractivity contribution < 1.29 is 13.9 Å². The number of nitrogens with zero attached hydrogens (tertiary/aromatic N) is 3. The molecule has 5 nitrogen and oxygen atoms in total. The monoisotopic (exact) mass is 405 g/mol. The maximum atomic E-state index is 16.0. The number of rotatable bonds is 4. The van der Waals surface area contributed by atoms with Crippen molar-refractivity contribution in [2.24, 2.45) is 0 Å². The smallest absolute Gasteiger partial charge is 0.272 e. The van der Waals surface area contributed by atoms with Crippen LogP contribution in [-0.4, -0.2) is 41.5 Å². The Bertz CT molecular complexity index is 1030. The van der Waals surface area contributed by atoms with Crippen LogP contribution in [0.15, 0.2) is 54.9 Å². The van der Waals surface area contributed by atoms with Crippen LogP contribution >= 0.6 is 0 Å². The normalized spacial score (nSPS) is 16.3. The molecule has 0 radical (unpaired) electrons. The molecular formula is C24H24FN3O2. The summed E-state index contributed by atoms with van der Waals surface area (Å²) in [6.45, 7) is 0.566. The number of pyridine rings is 2. The van der Waals surface area contributed by atoms with Crippen LogP contribution < -0.4 is 0 Å². The molecule has 154 valence electrons. The number of hydrogen-bond acceptors (Lipinski definition) is 4. The summed E-state index contributed by atoms with van der Waals surface area (Å²) >= 11 is 0. The molecule has 3 heterocycles. The molecule has 1 atom stereocenters. The van der Waals surface area contributed by atoms with Gasteiger partial charge in [-0.1, -0.05) is 36.4 Å². The lowest BCUT2D eigenvalue weighted by atomic mass is 9.90. The second-order valence-electron chi connectivity index (χ2n) is 7.57. The number of carbonyl (C=O) groups excluding carboxylic acids is 1. The zero-order valence-electron chi connectivity index (χ0n) is 17.1.